The molecule has 1 N–H and O–H groups in total. The van der Waals surface area contributed by atoms with E-state index in [0.717, 1.165) is 42.0 Å². The maximum Gasteiger partial charge on any atom is 0.275 e. The molecule has 0 bridgehead atoms. The highest BCUT2D eigenvalue weighted by Crippen LogP contribution is 2.18. The number of carbonyl (C=O) groups excluding carboxylic acids is 1. The maximum absolute atomic E-state index is 12.3. The highest BCUT2D eigenvalue weighted by Gasteiger charge is 2.10. The van der Waals surface area contributed by atoms with Gasteiger partial charge < -0.3 is 9.88 Å². The minimum absolute atomic E-state index is 0.266. The summed E-state index contributed by atoms with van der Waals surface area (Å²) in [7, 11) is 0. The fraction of sp³-hybridized carbons (Fsp3) is 0.182. The molecule has 1 amide bonds. The highest BCUT2D eigenvalue weighted by atomic mass is 16.1. The van der Waals surface area contributed by atoms with Crippen LogP contribution >= 0.6 is 0 Å². The van der Waals surface area contributed by atoms with Crippen molar-refractivity contribution in [3.8, 4) is 0 Å². The Hall–Kier alpha value is -3.54. The second-order valence-corrected chi connectivity index (χ2v) is 6.51. The van der Waals surface area contributed by atoms with Crippen molar-refractivity contribution in [2.45, 2.75) is 26.3 Å². The number of rotatable bonds is 6. The summed E-state index contributed by atoms with van der Waals surface area (Å²) in [5.41, 5.74) is 4.39. The summed E-state index contributed by atoms with van der Waals surface area (Å²) in [5, 5.41) is 2.88. The van der Waals surface area contributed by atoms with Gasteiger partial charge in [-0.1, -0.05) is 24.3 Å². The molecule has 2 aromatic heterocycles. The number of hydrogen-bond acceptors (Lipinski definition) is 4. The van der Waals surface area contributed by atoms with Gasteiger partial charge in [0.05, 0.1) is 17.2 Å². The normalized spacial score (nSPS) is 10.9. The molecule has 6 nitrogen and oxygen atoms in total. The number of carbonyl (C=O) groups is 1. The van der Waals surface area contributed by atoms with E-state index in [0.29, 0.717) is 5.69 Å². The molecule has 4 aromatic rings. The molecule has 140 valence electrons. The Morgan fingerprint density at radius 1 is 1.07 bits per heavy atom. The fourth-order valence-corrected chi connectivity index (χ4v) is 3.34. The number of fused-ring (bicyclic) bond motifs is 1. The summed E-state index contributed by atoms with van der Waals surface area (Å²) in [6.45, 7) is 3.03. The number of nitrogens with one attached hydrogen (secondary N) is 1. The van der Waals surface area contributed by atoms with Crippen LogP contribution in [-0.2, 0) is 19.4 Å². The van der Waals surface area contributed by atoms with Gasteiger partial charge in [0.25, 0.3) is 5.91 Å². The largest absolute Gasteiger partial charge is 0.328 e. The molecule has 2 heterocycles. The minimum atomic E-state index is -0.266. The number of anilines is 1. The van der Waals surface area contributed by atoms with Crippen LogP contribution in [0.1, 0.15) is 28.8 Å². The Kier molecular flexibility index (Phi) is 5.10. The number of nitrogens with zero attached hydrogens (tertiary/aromatic N) is 4. The molecule has 0 saturated heterocycles. The van der Waals surface area contributed by atoms with Crippen molar-refractivity contribution in [3.05, 3.63) is 84.2 Å². The SMILES string of the molecule is CCn1c(CCc2cccc(NC(=O)c3cnccn3)c2)nc2ccccc21. The third-order valence-corrected chi connectivity index (χ3v) is 4.67. The van der Waals surface area contributed by atoms with E-state index in [4.69, 9.17) is 4.98 Å². The van der Waals surface area contributed by atoms with E-state index in [9.17, 15) is 4.79 Å². The van der Waals surface area contributed by atoms with Crippen LogP contribution in [0.2, 0.25) is 0 Å². The molecular weight excluding hydrogens is 350 g/mol. The molecule has 28 heavy (non-hydrogen) atoms. The minimum Gasteiger partial charge on any atom is -0.328 e. The van der Waals surface area contributed by atoms with E-state index < -0.39 is 0 Å². The van der Waals surface area contributed by atoms with Gasteiger partial charge in [0, 0.05) is 31.0 Å². The van der Waals surface area contributed by atoms with Gasteiger partial charge in [-0.15, -0.1) is 0 Å². The summed E-state index contributed by atoms with van der Waals surface area (Å²) in [6, 6.07) is 16.1. The summed E-state index contributed by atoms with van der Waals surface area (Å²) in [4.78, 5) is 25.0. The van der Waals surface area contributed by atoms with Crippen LogP contribution in [0.3, 0.4) is 0 Å². The Labute approximate surface area is 163 Å². The zero-order valence-electron chi connectivity index (χ0n) is 15.7. The molecule has 0 aliphatic carbocycles. The quantitative estimate of drug-likeness (QED) is 0.558. The van der Waals surface area contributed by atoms with Gasteiger partial charge in [0.2, 0.25) is 0 Å². The van der Waals surface area contributed by atoms with Gasteiger partial charge in [-0.05, 0) is 43.2 Å². The van der Waals surface area contributed by atoms with E-state index in [-0.39, 0.29) is 5.91 Å². The zero-order valence-corrected chi connectivity index (χ0v) is 15.7. The molecule has 0 radical (unpaired) electrons. The summed E-state index contributed by atoms with van der Waals surface area (Å²) in [5.74, 6) is 0.815. The number of imidazole rings is 1. The Balaban J connectivity index is 1.48. The average molecular weight is 371 g/mol. The van der Waals surface area contributed by atoms with Gasteiger partial charge in [-0.2, -0.15) is 0 Å². The third-order valence-electron chi connectivity index (χ3n) is 4.67. The van der Waals surface area contributed by atoms with Crippen LogP contribution < -0.4 is 5.32 Å². The summed E-state index contributed by atoms with van der Waals surface area (Å²) < 4.78 is 2.26. The van der Waals surface area contributed by atoms with Crippen molar-refractivity contribution in [2.24, 2.45) is 0 Å². The van der Waals surface area contributed by atoms with Crippen LogP contribution in [0.15, 0.2) is 67.1 Å². The van der Waals surface area contributed by atoms with Crippen molar-refractivity contribution in [1.29, 1.82) is 0 Å². The van der Waals surface area contributed by atoms with Crippen LogP contribution in [0, 0.1) is 0 Å². The number of para-hydroxylation sites is 2. The summed E-state index contributed by atoms with van der Waals surface area (Å²) >= 11 is 0. The first-order valence-electron chi connectivity index (χ1n) is 9.35. The van der Waals surface area contributed by atoms with E-state index in [1.165, 1.54) is 17.9 Å². The standard InChI is InChI=1S/C22H21N5O/c1-2-27-20-9-4-3-8-18(20)26-21(27)11-10-16-6-5-7-17(14-16)25-22(28)19-15-23-12-13-24-19/h3-9,12-15H,2,10-11H2,1H3,(H,25,28). The number of amides is 1. The van der Waals surface area contributed by atoms with Crippen molar-refractivity contribution in [3.63, 3.8) is 0 Å². The van der Waals surface area contributed by atoms with Gasteiger partial charge >= 0.3 is 0 Å². The average Bonchev–Trinajstić information content (AvgIpc) is 3.10. The molecule has 0 aliphatic heterocycles. The first kappa shape index (κ1) is 17.9. The van der Waals surface area contributed by atoms with Crippen molar-refractivity contribution < 1.29 is 4.79 Å². The lowest BCUT2D eigenvalue weighted by Crippen LogP contribution is -2.14. The number of benzene rings is 2. The van der Waals surface area contributed by atoms with E-state index in [2.05, 4.69) is 38.9 Å². The monoisotopic (exact) mass is 371 g/mol. The van der Waals surface area contributed by atoms with Crippen molar-refractivity contribution >= 4 is 22.6 Å². The number of hydrogen-bond donors (Lipinski definition) is 1. The van der Waals surface area contributed by atoms with E-state index in [1.54, 1.807) is 6.20 Å². The molecule has 0 atom stereocenters. The second kappa shape index (κ2) is 8.00. The van der Waals surface area contributed by atoms with Gasteiger partial charge in [0.15, 0.2) is 0 Å². The molecule has 0 aliphatic rings. The molecule has 2 aromatic carbocycles. The Morgan fingerprint density at radius 3 is 2.79 bits per heavy atom. The first-order chi connectivity index (χ1) is 13.7. The van der Waals surface area contributed by atoms with E-state index in [1.807, 2.05) is 36.4 Å². The van der Waals surface area contributed by atoms with Crippen LogP contribution in [0.4, 0.5) is 5.69 Å². The lowest BCUT2D eigenvalue weighted by atomic mass is 10.1. The molecule has 0 spiro atoms. The number of aromatic nitrogens is 4. The van der Waals surface area contributed by atoms with Crippen LogP contribution in [0.5, 0.6) is 0 Å². The fourth-order valence-electron chi connectivity index (χ4n) is 3.34. The lowest BCUT2D eigenvalue weighted by molar-refractivity contribution is 0.102. The van der Waals surface area contributed by atoms with Gasteiger partial charge in [-0.3, -0.25) is 9.78 Å². The van der Waals surface area contributed by atoms with Crippen LogP contribution in [0.25, 0.3) is 11.0 Å². The Morgan fingerprint density at radius 2 is 1.96 bits per heavy atom. The van der Waals surface area contributed by atoms with Gasteiger partial charge in [-0.25, -0.2) is 9.97 Å². The van der Waals surface area contributed by atoms with E-state index >= 15 is 0 Å². The molecule has 4 rings (SSSR count). The summed E-state index contributed by atoms with van der Waals surface area (Å²) in [6.07, 6.45) is 6.18. The maximum atomic E-state index is 12.3. The third kappa shape index (κ3) is 3.76. The smallest absolute Gasteiger partial charge is 0.275 e. The number of aryl methyl sites for hydroxylation is 3. The van der Waals surface area contributed by atoms with Gasteiger partial charge in [0.1, 0.15) is 11.5 Å². The van der Waals surface area contributed by atoms with Crippen molar-refractivity contribution in [1.82, 2.24) is 19.5 Å². The molecule has 0 saturated carbocycles. The predicted octanol–water partition coefficient (Wildman–Crippen LogP) is 3.88. The second-order valence-electron chi connectivity index (χ2n) is 6.51. The van der Waals surface area contributed by atoms with Crippen LogP contribution in [-0.4, -0.2) is 25.4 Å². The topological polar surface area (TPSA) is 72.7 Å². The molecular formula is C22H21N5O. The Bertz CT molecular complexity index is 1100. The highest BCUT2D eigenvalue weighted by molar-refractivity contribution is 6.02. The zero-order chi connectivity index (χ0) is 19.3. The first-order valence-corrected chi connectivity index (χ1v) is 9.35. The lowest BCUT2D eigenvalue weighted by Gasteiger charge is -2.08. The predicted molar refractivity (Wildman–Crippen MR) is 109 cm³/mol. The molecule has 0 unspecified atom stereocenters. The molecule has 0 fully saturated rings. The molecule has 6 heteroatoms. The van der Waals surface area contributed by atoms with Crippen molar-refractivity contribution in [2.75, 3.05) is 5.32 Å².